The molecular formula is C15H24N2O3S. The van der Waals surface area contributed by atoms with Crippen LogP contribution in [0.1, 0.15) is 45.2 Å². The molecule has 0 aliphatic rings. The largest absolute Gasteiger partial charge is 0.339 e. The molecule has 0 aliphatic heterocycles. The average molecular weight is 312 g/mol. The van der Waals surface area contributed by atoms with E-state index in [1.54, 1.807) is 24.1 Å². The second-order valence-corrected chi connectivity index (χ2v) is 6.99. The number of hydrogen-bond donors (Lipinski definition) is 1. The highest BCUT2D eigenvalue weighted by Gasteiger charge is 2.22. The third kappa shape index (κ3) is 4.54. The lowest BCUT2D eigenvalue weighted by atomic mass is 10.0. The summed E-state index contributed by atoms with van der Waals surface area (Å²) in [6.07, 6.45) is 1.83. The van der Waals surface area contributed by atoms with Crippen LogP contribution < -0.4 is 5.14 Å². The highest BCUT2D eigenvalue weighted by molar-refractivity contribution is 7.89. The molecule has 0 radical (unpaired) electrons. The molecule has 2 unspecified atom stereocenters. The summed E-state index contributed by atoms with van der Waals surface area (Å²) in [7, 11) is -1.91. The predicted octanol–water partition coefficient (Wildman–Crippen LogP) is 2.29. The van der Waals surface area contributed by atoms with Gasteiger partial charge in [-0.25, -0.2) is 13.6 Å². The van der Waals surface area contributed by atoms with Gasteiger partial charge >= 0.3 is 0 Å². The Bertz CT molecular complexity index is 581. The number of primary sulfonamides is 1. The molecule has 0 saturated heterocycles. The van der Waals surface area contributed by atoms with Crippen molar-refractivity contribution >= 4 is 15.9 Å². The van der Waals surface area contributed by atoms with Crippen molar-refractivity contribution in [3.05, 3.63) is 29.8 Å². The molecule has 0 saturated carbocycles. The van der Waals surface area contributed by atoms with Crippen LogP contribution in [0.2, 0.25) is 0 Å². The van der Waals surface area contributed by atoms with Gasteiger partial charge in [0.25, 0.3) is 0 Å². The molecular weight excluding hydrogens is 288 g/mol. The van der Waals surface area contributed by atoms with Crippen LogP contribution in [0.25, 0.3) is 0 Å². The van der Waals surface area contributed by atoms with Crippen LogP contribution in [-0.2, 0) is 14.8 Å². The summed E-state index contributed by atoms with van der Waals surface area (Å²) in [6, 6.07) is 6.20. The SMILES string of the molecule is CCCC(C)C(=O)N(C)C(C)c1ccc(S(N)(=O)=O)cc1. The van der Waals surface area contributed by atoms with Gasteiger partial charge in [0.1, 0.15) is 0 Å². The summed E-state index contributed by atoms with van der Waals surface area (Å²) >= 11 is 0. The van der Waals surface area contributed by atoms with Gasteiger partial charge in [-0.1, -0.05) is 32.4 Å². The van der Waals surface area contributed by atoms with Crippen LogP contribution in [0, 0.1) is 5.92 Å². The first-order valence-electron chi connectivity index (χ1n) is 7.08. The van der Waals surface area contributed by atoms with Crippen molar-refractivity contribution in [2.75, 3.05) is 7.05 Å². The Labute approximate surface area is 127 Å². The van der Waals surface area contributed by atoms with Crippen molar-refractivity contribution in [3.8, 4) is 0 Å². The Morgan fingerprint density at radius 2 is 1.76 bits per heavy atom. The molecule has 1 rings (SSSR count). The Kier molecular flexibility index (Phi) is 5.92. The first-order chi connectivity index (χ1) is 9.68. The van der Waals surface area contributed by atoms with E-state index >= 15 is 0 Å². The topological polar surface area (TPSA) is 80.5 Å². The minimum absolute atomic E-state index is 0.00820. The maximum atomic E-state index is 12.3. The number of nitrogens with two attached hydrogens (primary N) is 1. The number of carbonyl (C=O) groups is 1. The lowest BCUT2D eigenvalue weighted by Crippen LogP contribution is -2.33. The maximum Gasteiger partial charge on any atom is 0.238 e. The molecule has 1 aromatic rings. The van der Waals surface area contributed by atoms with Crippen molar-refractivity contribution in [1.82, 2.24) is 4.90 Å². The van der Waals surface area contributed by atoms with Gasteiger partial charge in [-0.15, -0.1) is 0 Å². The average Bonchev–Trinajstić information content (AvgIpc) is 2.44. The second-order valence-electron chi connectivity index (χ2n) is 5.43. The summed E-state index contributed by atoms with van der Waals surface area (Å²) in [5.74, 6) is 0.0889. The van der Waals surface area contributed by atoms with Crippen LogP contribution in [0.3, 0.4) is 0 Å². The fraction of sp³-hybridized carbons (Fsp3) is 0.533. The summed E-state index contributed by atoms with van der Waals surface area (Å²) in [5.41, 5.74) is 0.877. The van der Waals surface area contributed by atoms with E-state index in [2.05, 4.69) is 6.92 Å². The molecule has 6 heteroatoms. The molecule has 118 valence electrons. The second kappa shape index (κ2) is 7.04. The normalized spacial score (nSPS) is 14.5. The highest BCUT2D eigenvalue weighted by atomic mass is 32.2. The van der Waals surface area contributed by atoms with Crippen LogP contribution >= 0.6 is 0 Å². The zero-order valence-electron chi connectivity index (χ0n) is 13.0. The van der Waals surface area contributed by atoms with Gasteiger partial charge in [0, 0.05) is 13.0 Å². The third-order valence-electron chi connectivity index (χ3n) is 3.76. The van der Waals surface area contributed by atoms with E-state index in [1.807, 2.05) is 13.8 Å². The predicted molar refractivity (Wildman–Crippen MR) is 83.1 cm³/mol. The number of rotatable bonds is 6. The number of nitrogens with zero attached hydrogens (tertiary/aromatic N) is 1. The zero-order chi connectivity index (χ0) is 16.2. The molecule has 21 heavy (non-hydrogen) atoms. The number of hydrogen-bond acceptors (Lipinski definition) is 3. The standard InChI is InChI=1S/C15H24N2O3S/c1-5-6-11(2)15(18)17(4)12(3)13-7-9-14(10-8-13)21(16,19)20/h7-12H,5-6H2,1-4H3,(H2,16,19,20). The number of carbonyl (C=O) groups excluding carboxylic acids is 1. The van der Waals surface area contributed by atoms with E-state index in [1.165, 1.54) is 12.1 Å². The van der Waals surface area contributed by atoms with Gasteiger partial charge in [-0.05, 0) is 31.0 Å². The molecule has 2 atom stereocenters. The van der Waals surface area contributed by atoms with Gasteiger partial charge in [0.15, 0.2) is 0 Å². The summed E-state index contributed by atoms with van der Waals surface area (Å²) in [5, 5.41) is 5.07. The summed E-state index contributed by atoms with van der Waals surface area (Å²) in [6.45, 7) is 5.90. The van der Waals surface area contributed by atoms with Crippen LogP contribution in [0.5, 0.6) is 0 Å². The minimum Gasteiger partial charge on any atom is -0.339 e. The van der Waals surface area contributed by atoms with Crippen molar-refractivity contribution in [1.29, 1.82) is 0 Å². The van der Waals surface area contributed by atoms with Gasteiger partial charge in [-0.3, -0.25) is 4.79 Å². The number of amides is 1. The van der Waals surface area contributed by atoms with Crippen molar-refractivity contribution in [3.63, 3.8) is 0 Å². The van der Waals surface area contributed by atoms with E-state index in [4.69, 9.17) is 5.14 Å². The molecule has 5 nitrogen and oxygen atoms in total. The van der Waals surface area contributed by atoms with Crippen molar-refractivity contribution < 1.29 is 13.2 Å². The van der Waals surface area contributed by atoms with Crippen LogP contribution in [0.4, 0.5) is 0 Å². The van der Waals surface area contributed by atoms with Gasteiger partial charge in [0.2, 0.25) is 15.9 Å². The number of sulfonamides is 1. The van der Waals surface area contributed by atoms with E-state index in [0.717, 1.165) is 18.4 Å². The zero-order valence-corrected chi connectivity index (χ0v) is 13.9. The monoisotopic (exact) mass is 312 g/mol. The Morgan fingerprint density at radius 3 is 2.19 bits per heavy atom. The summed E-state index contributed by atoms with van der Waals surface area (Å²) in [4.78, 5) is 14.1. The molecule has 0 bridgehead atoms. The fourth-order valence-electron chi connectivity index (χ4n) is 2.25. The lowest BCUT2D eigenvalue weighted by Gasteiger charge is -2.28. The highest BCUT2D eigenvalue weighted by Crippen LogP contribution is 2.22. The Balaban J connectivity index is 2.88. The van der Waals surface area contributed by atoms with Gasteiger partial charge < -0.3 is 4.90 Å². The van der Waals surface area contributed by atoms with Gasteiger partial charge in [-0.2, -0.15) is 0 Å². The third-order valence-corrected chi connectivity index (χ3v) is 4.69. The van der Waals surface area contributed by atoms with E-state index < -0.39 is 10.0 Å². The minimum atomic E-state index is -3.68. The molecule has 1 amide bonds. The van der Waals surface area contributed by atoms with Crippen LogP contribution in [-0.4, -0.2) is 26.3 Å². The van der Waals surface area contributed by atoms with Crippen molar-refractivity contribution in [2.24, 2.45) is 11.1 Å². The molecule has 0 aromatic heterocycles. The molecule has 2 N–H and O–H groups in total. The number of benzene rings is 1. The molecule has 0 spiro atoms. The smallest absolute Gasteiger partial charge is 0.238 e. The lowest BCUT2D eigenvalue weighted by molar-refractivity contribution is -0.135. The Morgan fingerprint density at radius 1 is 1.24 bits per heavy atom. The molecule has 1 aromatic carbocycles. The van der Waals surface area contributed by atoms with Gasteiger partial charge in [0.05, 0.1) is 10.9 Å². The maximum absolute atomic E-state index is 12.3. The van der Waals surface area contributed by atoms with Crippen molar-refractivity contribution in [2.45, 2.75) is 44.6 Å². The van der Waals surface area contributed by atoms with E-state index in [0.29, 0.717) is 0 Å². The van der Waals surface area contributed by atoms with E-state index in [9.17, 15) is 13.2 Å². The quantitative estimate of drug-likeness (QED) is 0.875. The molecule has 0 fully saturated rings. The molecule has 0 aliphatic carbocycles. The Hall–Kier alpha value is -1.40. The first kappa shape index (κ1) is 17.7. The first-order valence-corrected chi connectivity index (χ1v) is 8.62. The fourth-order valence-corrected chi connectivity index (χ4v) is 2.77. The molecule has 0 heterocycles. The van der Waals surface area contributed by atoms with Crippen LogP contribution in [0.15, 0.2) is 29.2 Å². The van der Waals surface area contributed by atoms with E-state index in [-0.39, 0.29) is 22.8 Å². The summed E-state index contributed by atoms with van der Waals surface area (Å²) < 4.78 is 22.5.